The molecular formula is C10H6Cl2FNO. The van der Waals surface area contributed by atoms with Crippen LogP contribution in [0.15, 0.2) is 22.6 Å². The highest BCUT2D eigenvalue weighted by Crippen LogP contribution is 2.28. The van der Waals surface area contributed by atoms with E-state index < -0.39 is 5.82 Å². The van der Waals surface area contributed by atoms with E-state index in [1.54, 1.807) is 13.0 Å². The summed E-state index contributed by atoms with van der Waals surface area (Å²) in [6.45, 7) is 1.73. The van der Waals surface area contributed by atoms with Crippen molar-refractivity contribution in [1.29, 1.82) is 0 Å². The summed E-state index contributed by atoms with van der Waals surface area (Å²) in [5.41, 5.74) is 1.18. The summed E-state index contributed by atoms with van der Waals surface area (Å²) in [5, 5.41) is 0.111. The Hall–Kier alpha value is -1.06. The topological polar surface area (TPSA) is 26.0 Å². The summed E-state index contributed by atoms with van der Waals surface area (Å²) in [4.78, 5) is 3.88. The molecule has 2 rings (SSSR count). The largest absolute Gasteiger partial charge is 0.427 e. The van der Waals surface area contributed by atoms with Gasteiger partial charge in [0, 0.05) is 5.56 Å². The van der Waals surface area contributed by atoms with Crippen molar-refractivity contribution < 1.29 is 8.81 Å². The van der Waals surface area contributed by atoms with Gasteiger partial charge in [0.25, 0.3) is 5.35 Å². The highest BCUT2D eigenvalue weighted by Gasteiger charge is 2.12. The van der Waals surface area contributed by atoms with Crippen molar-refractivity contribution in [2.45, 2.75) is 6.92 Å². The molecule has 0 saturated carbocycles. The summed E-state index contributed by atoms with van der Waals surface area (Å²) in [6.07, 6.45) is 0. The lowest BCUT2D eigenvalue weighted by Crippen LogP contribution is -1.82. The minimum absolute atomic E-state index is 0.0397. The van der Waals surface area contributed by atoms with Gasteiger partial charge in [-0.2, -0.15) is 0 Å². The Labute approximate surface area is 95.6 Å². The van der Waals surface area contributed by atoms with Crippen molar-refractivity contribution in [3.63, 3.8) is 0 Å². The molecule has 0 fully saturated rings. The van der Waals surface area contributed by atoms with E-state index in [0.29, 0.717) is 17.0 Å². The Morgan fingerprint density at radius 2 is 2.07 bits per heavy atom. The zero-order valence-corrected chi connectivity index (χ0v) is 9.23. The second-order valence-corrected chi connectivity index (χ2v) is 3.74. The highest BCUT2D eigenvalue weighted by molar-refractivity contribution is 6.30. The first-order chi connectivity index (χ1) is 7.08. The van der Waals surface area contributed by atoms with E-state index in [2.05, 4.69) is 4.98 Å². The third kappa shape index (κ3) is 1.98. The first-order valence-electron chi connectivity index (χ1n) is 4.16. The molecule has 0 bridgehead atoms. The summed E-state index contributed by atoms with van der Waals surface area (Å²) in [5.74, 6) is -0.0448. The van der Waals surface area contributed by atoms with Crippen molar-refractivity contribution in [3.05, 3.63) is 40.1 Å². The maximum atomic E-state index is 13.2. The van der Waals surface area contributed by atoms with E-state index in [9.17, 15) is 4.39 Å². The fourth-order valence-electron chi connectivity index (χ4n) is 1.27. The molecule has 2 nitrogen and oxygen atoms in total. The second kappa shape index (κ2) is 3.83. The van der Waals surface area contributed by atoms with E-state index in [1.165, 1.54) is 12.1 Å². The van der Waals surface area contributed by atoms with Gasteiger partial charge in [-0.3, -0.25) is 0 Å². The standard InChI is InChI=1S/C10H6Cl2FNO/c1-5-9(15-10(12)14-5)6-2-3-7(11)8(13)4-6/h2-4H,1H3. The molecule has 0 atom stereocenters. The average Bonchev–Trinajstić information content (AvgIpc) is 2.50. The zero-order valence-electron chi connectivity index (χ0n) is 7.72. The molecule has 0 aliphatic rings. The van der Waals surface area contributed by atoms with Crippen LogP contribution in [0.25, 0.3) is 11.3 Å². The minimum atomic E-state index is -0.499. The monoisotopic (exact) mass is 245 g/mol. The molecule has 0 amide bonds. The van der Waals surface area contributed by atoms with Crippen molar-refractivity contribution >= 4 is 23.2 Å². The molecule has 0 unspecified atom stereocenters. The molecule has 1 aromatic heterocycles. The van der Waals surface area contributed by atoms with Gasteiger partial charge in [-0.15, -0.1) is 0 Å². The van der Waals surface area contributed by atoms with Gasteiger partial charge in [0.2, 0.25) is 0 Å². The number of benzene rings is 1. The summed E-state index contributed by atoms with van der Waals surface area (Å²) < 4.78 is 18.3. The maximum Gasteiger partial charge on any atom is 0.292 e. The fourth-order valence-corrected chi connectivity index (χ4v) is 1.59. The molecule has 1 aromatic carbocycles. The van der Waals surface area contributed by atoms with Gasteiger partial charge in [0.05, 0.1) is 10.7 Å². The van der Waals surface area contributed by atoms with Gasteiger partial charge in [-0.05, 0) is 36.7 Å². The van der Waals surface area contributed by atoms with E-state index in [-0.39, 0.29) is 10.4 Å². The number of aromatic nitrogens is 1. The number of aryl methyl sites for hydroxylation is 1. The van der Waals surface area contributed by atoms with E-state index >= 15 is 0 Å². The molecular weight excluding hydrogens is 240 g/mol. The van der Waals surface area contributed by atoms with Gasteiger partial charge in [-0.1, -0.05) is 11.6 Å². The Kier molecular flexibility index (Phi) is 2.67. The predicted molar refractivity (Wildman–Crippen MR) is 56.7 cm³/mol. The number of hydrogen-bond donors (Lipinski definition) is 0. The van der Waals surface area contributed by atoms with Crippen molar-refractivity contribution in [1.82, 2.24) is 4.98 Å². The first-order valence-corrected chi connectivity index (χ1v) is 4.92. The predicted octanol–water partition coefficient (Wildman–Crippen LogP) is 4.10. The van der Waals surface area contributed by atoms with Crippen LogP contribution in [0, 0.1) is 12.7 Å². The maximum absolute atomic E-state index is 13.2. The summed E-state index contributed by atoms with van der Waals surface area (Å²) in [6, 6.07) is 4.39. The van der Waals surface area contributed by atoms with E-state index in [4.69, 9.17) is 27.6 Å². The number of hydrogen-bond acceptors (Lipinski definition) is 2. The van der Waals surface area contributed by atoms with E-state index in [0.717, 1.165) is 0 Å². The third-order valence-corrected chi connectivity index (χ3v) is 2.42. The second-order valence-electron chi connectivity index (χ2n) is 3.01. The smallest absolute Gasteiger partial charge is 0.292 e. The minimum Gasteiger partial charge on any atom is -0.427 e. The van der Waals surface area contributed by atoms with Crippen LogP contribution in [0.2, 0.25) is 10.4 Å². The first kappa shape index (κ1) is 10.5. The van der Waals surface area contributed by atoms with Crippen molar-refractivity contribution in [2.24, 2.45) is 0 Å². The van der Waals surface area contributed by atoms with Gasteiger partial charge in [0.1, 0.15) is 5.82 Å². The average molecular weight is 246 g/mol. The van der Waals surface area contributed by atoms with Crippen LogP contribution in [0.1, 0.15) is 5.69 Å². The van der Waals surface area contributed by atoms with Gasteiger partial charge in [0.15, 0.2) is 5.76 Å². The molecule has 5 heteroatoms. The molecule has 0 aliphatic carbocycles. The Balaban J connectivity index is 2.54. The molecule has 2 aromatic rings. The zero-order chi connectivity index (χ0) is 11.0. The van der Waals surface area contributed by atoms with Crippen molar-refractivity contribution in [3.8, 4) is 11.3 Å². The van der Waals surface area contributed by atoms with Crippen LogP contribution in [0.5, 0.6) is 0 Å². The molecule has 0 N–H and O–H groups in total. The van der Waals surface area contributed by atoms with E-state index in [1.807, 2.05) is 0 Å². The number of nitrogens with zero attached hydrogens (tertiary/aromatic N) is 1. The lowest BCUT2D eigenvalue weighted by Gasteiger charge is -1.99. The quantitative estimate of drug-likeness (QED) is 0.757. The van der Waals surface area contributed by atoms with Gasteiger partial charge >= 0.3 is 0 Å². The summed E-state index contributed by atoms with van der Waals surface area (Å²) in [7, 11) is 0. The normalized spacial score (nSPS) is 10.7. The van der Waals surface area contributed by atoms with Crippen LogP contribution in [-0.2, 0) is 0 Å². The number of rotatable bonds is 1. The Morgan fingerprint density at radius 3 is 2.60 bits per heavy atom. The molecule has 0 spiro atoms. The van der Waals surface area contributed by atoms with Crippen molar-refractivity contribution in [2.75, 3.05) is 0 Å². The van der Waals surface area contributed by atoms with Gasteiger partial charge in [-0.25, -0.2) is 9.37 Å². The van der Waals surface area contributed by atoms with Crippen LogP contribution >= 0.6 is 23.2 Å². The molecule has 15 heavy (non-hydrogen) atoms. The highest BCUT2D eigenvalue weighted by atomic mass is 35.5. The van der Waals surface area contributed by atoms with Crippen LogP contribution in [0.3, 0.4) is 0 Å². The molecule has 0 radical (unpaired) electrons. The lowest BCUT2D eigenvalue weighted by molar-refractivity contribution is 0.572. The summed E-state index contributed by atoms with van der Waals surface area (Å²) >= 11 is 11.2. The Morgan fingerprint density at radius 1 is 1.33 bits per heavy atom. The van der Waals surface area contributed by atoms with Crippen LogP contribution < -0.4 is 0 Å². The van der Waals surface area contributed by atoms with Gasteiger partial charge < -0.3 is 4.42 Å². The SMILES string of the molecule is Cc1nc(Cl)oc1-c1ccc(Cl)c(F)c1. The number of oxazole rings is 1. The fraction of sp³-hybridized carbons (Fsp3) is 0.100. The lowest BCUT2D eigenvalue weighted by atomic mass is 10.1. The molecule has 78 valence electrons. The van der Waals surface area contributed by atoms with Crippen LogP contribution in [-0.4, -0.2) is 4.98 Å². The van der Waals surface area contributed by atoms with Crippen LogP contribution in [0.4, 0.5) is 4.39 Å². The third-order valence-electron chi connectivity index (χ3n) is 1.95. The molecule has 1 heterocycles. The Bertz CT molecular complexity index is 510. The molecule has 0 aliphatic heterocycles. The number of halogens is 3. The molecule has 0 saturated heterocycles.